The van der Waals surface area contributed by atoms with E-state index in [4.69, 9.17) is 10.0 Å². The lowest BCUT2D eigenvalue weighted by molar-refractivity contribution is 0.263. The first-order valence-corrected chi connectivity index (χ1v) is 17.0. The summed E-state index contributed by atoms with van der Waals surface area (Å²) in [5.74, 6) is -11.9. The van der Waals surface area contributed by atoms with E-state index in [1.54, 1.807) is 0 Å². The molecule has 5 aromatic rings. The summed E-state index contributed by atoms with van der Waals surface area (Å²) in [5.41, 5.74) is 5.42. The van der Waals surface area contributed by atoms with Crippen molar-refractivity contribution < 1.29 is 36.7 Å². The van der Waals surface area contributed by atoms with Crippen molar-refractivity contribution in [2.45, 2.75) is 73.0 Å². The van der Waals surface area contributed by atoms with Crippen molar-refractivity contribution in [3.63, 3.8) is 0 Å². The lowest BCUT2D eigenvalue weighted by Crippen LogP contribution is -2.23. The second kappa shape index (κ2) is 18.8. The number of aryl methyl sites for hydroxylation is 2. The van der Waals surface area contributed by atoms with Gasteiger partial charge < -0.3 is 14.7 Å². The second-order valence-corrected chi connectivity index (χ2v) is 13.9. The molecule has 0 saturated heterocycles. The molecular formula is C38H38BF5O3S2. The van der Waals surface area contributed by atoms with Crippen molar-refractivity contribution in [2.75, 3.05) is 0 Å². The zero-order valence-corrected chi connectivity index (χ0v) is 29.6. The minimum atomic E-state index is -2.70. The van der Waals surface area contributed by atoms with Crippen molar-refractivity contribution in [2.24, 2.45) is 0 Å². The first-order chi connectivity index (χ1) is 23.2. The van der Waals surface area contributed by atoms with Gasteiger partial charge in [-0.1, -0.05) is 111 Å². The molecule has 0 fully saturated rings. The maximum atomic E-state index is 12.7. The fourth-order valence-electron chi connectivity index (χ4n) is 4.12. The highest BCUT2D eigenvalue weighted by Crippen LogP contribution is 2.31. The van der Waals surface area contributed by atoms with Gasteiger partial charge in [0.1, 0.15) is 0 Å². The molecule has 0 spiro atoms. The van der Waals surface area contributed by atoms with Gasteiger partial charge in [-0.2, -0.15) is 8.78 Å². The van der Waals surface area contributed by atoms with Crippen LogP contribution in [-0.4, -0.2) is 17.4 Å². The molecule has 0 radical (unpaired) electrons. The predicted octanol–water partition coefficient (Wildman–Crippen LogP) is 11.3. The molecule has 0 aliphatic carbocycles. The van der Waals surface area contributed by atoms with Crippen molar-refractivity contribution in [1.29, 1.82) is 0 Å². The quantitative estimate of drug-likeness (QED) is 0.0726. The molecule has 11 heteroatoms. The molecule has 0 heterocycles. The van der Waals surface area contributed by atoms with Crippen LogP contribution in [-0.2, 0) is 0 Å². The molecule has 0 aromatic heterocycles. The minimum Gasteiger partial charge on any atom is -0.507 e. The minimum absolute atomic E-state index is 0.605. The fraction of sp³-hybridized carbons (Fsp3) is 0.211. The van der Waals surface area contributed by atoms with Gasteiger partial charge in [0.15, 0.2) is 5.75 Å². The Morgan fingerprint density at radius 1 is 0.469 bits per heavy atom. The van der Waals surface area contributed by atoms with Gasteiger partial charge >= 0.3 is 7.32 Å². The molecule has 5 rings (SSSR count). The highest BCUT2D eigenvalue weighted by atomic mass is 32.2. The summed E-state index contributed by atoms with van der Waals surface area (Å²) >= 11 is 3.63. The molecule has 0 atom stereocenters. The Bertz CT molecular complexity index is 1640. The van der Waals surface area contributed by atoms with E-state index < -0.39 is 42.2 Å². The van der Waals surface area contributed by atoms with Gasteiger partial charge in [0.05, 0.1) is 0 Å². The van der Waals surface area contributed by atoms with Crippen LogP contribution >= 0.6 is 23.5 Å². The molecule has 0 saturated carbocycles. The Morgan fingerprint density at radius 3 is 1.00 bits per heavy atom. The van der Waals surface area contributed by atoms with Crippen LogP contribution < -0.4 is 4.65 Å². The maximum absolute atomic E-state index is 12.7. The predicted molar refractivity (Wildman–Crippen MR) is 189 cm³/mol. The van der Waals surface area contributed by atoms with E-state index in [2.05, 4.69) is 143 Å². The number of benzene rings is 5. The van der Waals surface area contributed by atoms with E-state index in [1.165, 1.54) is 41.8 Å². The topological polar surface area (TPSA) is 49.7 Å². The smallest absolute Gasteiger partial charge is 0.507 e. The van der Waals surface area contributed by atoms with Gasteiger partial charge in [0, 0.05) is 19.6 Å². The number of hydrogen-bond donors (Lipinski definition) is 2. The van der Waals surface area contributed by atoms with Crippen LogP contribution in [0.5, 0.6) is 5.75 Å². The molecule has 0 aliphatic rings. The van der Waals surface area contributed by atoms with Crippen LogP contribution in [0.4, 0.5) is 22.0 Å². The fourth-order valence-corrected chi connectivity index (χ4v) is 5.75. The first kappa shape index (κ1) is 39.7. The molecule has 2 N–H and O–H groups in total. The van der Waals surface area contributed by atoms with Crippen LogP contribution in [0.25, 0.3) is 0 Å². The molecule has 0 aliphatic heterocycles. The molecular weight excluding hydrogens is 674 g/mol. The lowest BCUT2D eigenvalue weighted by atomic mass is 10.0. The number of rotatable bonds is 8. The third-order valence-electron chi connectivity index (χ3n) is 7.00. The summed E-state index contributed by atoms with van der Waals surface area (Å²) < 4.78 is 66.3. The third kappa shape index (κ3) is 12.3. The third-order valence-corrected chi connectivity index (χ3v) is 9.03. The van der Waals surface area contributed by atoms with Crippen LogP contribution in [0, 0.1) is 42.9 Å². The summed E-state index contributed by atoms with van der Waals surface area (Å²) in [4.78, 5) is 5.21. The summed E-state index contributed by atoms with van der Waals surface area (Å²) in [6, 6.07) is 35.1. The molecule has 258 valence electrons. The van der Waals surface area contributed by atoms with Gasteiger partial charge in [-0.15, -0.1) is 0 Å². The van der Waals surface area contributed by atoms with E-state index in [-0.39, 0.29) is 0 Å². The van der Waals surface area contributed by atoms with E-state index in [0.717, 1.165) is 0 Å². The Balaban J connectivity index is 0.000000200. The maximum Gasteiger partial charge on any atom is 0.707 e. The SMILES string of the molecule is Cc1ccc(Sc2ccc(C(C)C)cc2)cc1.Cc1ccc(Sc2ccc(C(C)C)cc2)cc1.OB(O)Oc1c(F)c(F)c(F)c(F)c1F. The lowest BCUT2D eigenvalue weighted by Gasteiger charge is -2.08. The van der Waals surface area contributed by atoms with Crippen molar-refractivity contribution in [1.82, 2.24) is 0 Å². The normalized spacial score (nSPS) is 10.7. The Hall–Kier alpha value is -3.77. The van der Waals surface area contributed by atoms with Gasteiger partial charge in [-0.3, -0.25) is 0 Å². The molecule has 0 amide bonds. The van der Waals surface area contributed by atoms with Crippen LogP contribution in [0.3, 0.4) is 0 Å². The molecule has 49 heavy (non-hydrogen) atoms. The molecule has 0 unspecified atom stereocenters. The molecule has 3 nitrogen and oxygen atoms in total. The van der Waals surface area contributed by atoms with E-state index in [9.17, 15) is 22.0 Å². The molecule has 5 aromatic carbocycles. The summed E-state index contributed by atoms with van der Waals surface area (Å²) in [5, 5.41) is 16.3. The van der Waals surface area contributed by atoms with Crippen LogP contribution in [0.1, 0.15) is 61.8 Å². The standard InChI is InChI=1S/2C16H18S.C6H2BF5O3/c2*1-12(2)14-6-10-16(11-7-14)17-15-8-4-13(3)5-9-15;8-1-2(9)4(11)6(15-7(13)14)5(12)3(1)10/h2*4-12H,1-3H3;13-14H. The first-order valence-electron chi connectivity index (χ1n) is 15.4. The zero-order chi connectivity index (χ0) is 36.2. The second-order valence-electron chi connectivity index (χ2n) is 11.6. The van der Waals surface area contributed by atoms with E-state index in [1.807, 2.05) is 23.5 Å². The van der Waals surface area contributed by atoms with Gasteiger partial charge in [0.2, 0.25) is 29.1 Å². The van der Waals surface area contributed by atoms with Gasteiger partial charge in [0.25, 0.3) is 0 Å². The average molecular weight is 713 g/mol. The largest absolute Gasteiger partial charge is 0.707 e. The Morgan fingerprint density at radius 2 is 0.735 bits per heavy atom. The monoisotopic (exact) mass is 712 g/mol. The van der Waals surface area contributed by atoms with Crippen molar-refractivity contribution in [3.05, 3.63) is 148 Å². The summed E-state index contributed by atoms with van der Waals surface area (Å²) in [6.45, 7) is 13.1. The highest BCUT2D eigenvalue weighted by molar-refractivity contribution is 7.99. The van der Waals surface area contributed by atoms with Crippen molar-refractivity contribution >= 4 is 30.8 Å². The van der Waals surface area contributed by atoms with Gasteiger partial charge in [-0.05, 0) is 85.3 Å². The van der Waals surface area contributed by atoms with Gasteiger partial charge in [-0.25, -0.2) is 13.2 Å². The summed E-state index contributed by atoms with van der Waals surface area (Å²) in [7, 11) is -2.70. The summed E-state index contributed by atoms with van der Waals surface area (Å²) in [6.07, 6.45) is 0. The average Bonchev–Trinajstić information content (AvgIpc) is 3.08. The zero-order valence-electron chi connectivity index (χ0n) is 28.0. The van der Waals surface area contributed by atoms with E-state index >= 15 is 0 Å². The van der Waals surface area contributed by atoms with Crippen molar-refractivity contribution in [3.8, 4) is 5.75 Å². The van der Waals surface area contributed by atoms with E-state index in [0.29, 0.717) is 11.8 Å². The Kier molecular flexibility index (Phi) is 15.3. The van der Waals surface area contributed by atoms with Crippen LogP contribution in [0.2, 0.25) is 0 Å². The molecule has 0 bridgehead atoms. The number of hydrogen-bond acceptors (Lipinski definition) is 5. The Labute approximate surface area is 293 Å². The number of halogens is 5. The highest BCUT2D eigenvalue weighted by Gasteiger charge is 2.29. The van der Waals surface area contributed by atoms with Crippen LogP contribution in [0.15, 0.2) is 117 Å².